The van der Waals surface area contributed by atoms with Crippen LogP contribution in [0.15, 0.2) is 27.1 Å². The Hall–Kier alpha value is -0.720. The van der Waals surface area contributed by atoms with Gasteiger partial charge in [0.15, 0.2) is 5.82 Å². The number of halogens is 2. The molecule has 0 spiro atoms. The largest absolute Gasteiger partial charge is 0.324 e. The summed E-state index contributed by atoms with van der Waals surface area (Å²) in [5.74, 6) is 1.62. The molecule has 0 amide bonds. The highest BCUT2D eigenvalue weighted by Gasteiger charge is 2.24. The van der Waals surface area contributed by atoms with Crippen LogP contribution in [-0.4, -0.2) is 14.8 Å². The summed E-state index contributed by atoms with van der Waals surface area (Å²) in [7, 11) is 0. The van der Waals surface area contributed by atoms with Gasteiger partial charge in [-0.15, -0.1) is 10.2 Å². The molecule has 2 N–H and O–H groups in total. The monoisotopic (exact) mass is 386 g/mol. The van der Waals surface area contributed by atoms with Crippen molar-refractivity contribution < 1.29 is 0 Å². The van der Waals surface area contributed by atoms with Crippen LogP contribution >= 0.6 is 31.9 Å². The van der Waals surface area contributed by atoms with Crippen LogP contribution in [0.4, 0.5) is 0 Å². The Bertz CT molecular complexity index is 599. The first kappa shape index (κ1) is 14.7. The minimum Gasteiger partial charge on any atom is -0.324 e. The Balaban J connectivity index is 2.66. The number of nitrogens with zero attached hydrogens (tertiary/aromatic N) is 3. The van der Waals surface area contributed by atoms with Crippen LogP contribution in [0.2, 0.25) is 0 Å². The highest BCUT2D eigenvalue weighted by Crippen LogP contribution is 2.32. The Morgan fingerprint density at radius 2 is 1.89 bits per heavy atom. The Morgan fingerprint density at radius 1 is 1.21 bits per heavy atom. The van der Waals surface area contributed by atoms with Gasteiger partial charge in [-0.25, -0.2) is 0 Å². The van der Waals surface area contributed by atoms with Crippen molar-refractivity contribution in [2.24, 2.45) is 5.73 Å². The molecular formula is C13H16Br2N4. The molecule has 0 saturated carbocycles. The Labute approximate surface area is 129 Å². The standard InChI is InChI=1S/C13H16Br2N4/c1-13(2,3)19-11(7-16)17-18-12(19)9-5-4-8(14)6-10(9)15/h4-6H,7,16H2,1-3H3. The molecule has 4 nitrogen and oxygen atoms in total. The minimum atomic E-state index is -0.125. The van der Waals surface area contributed by atoms with Gasteiger partial charge < -0.3 is 10.3 Å². The van der Waals surface area contributed by atoms with E-state index in [2.05, 4.69) is 67.4 Å². The third-order valence-corrected chi connectivity index (χ3v) is 3.90. The molecule has 0 unspecified atom stereocenters. The Morgan fingerprint density at radius 3 is 2.42 bits per heavy atom. The summed E-state index contributed by atoms with van der Waals surface area (Å²) in [4.78, 5) is 0. The molecule has 19 heavy (non-hydrogen) atoms. The van der Waals surface area contributed by atoms with Gasteiger partial charge in [0.05, 0.1) is 6.54 Å². The van der Waals surface area contributed by atoms with Gasteiger partial charge in [0, 0.05) is 20.0 Å². The highest BCUT2D eigenvalue weighted by molar-refractivity contribution is 9.11. The zero-order valence-electron chi connectivity index (χ0n) is 11.1. The van der Waals surface area contributed by atoms with E-state index in [4.69, 9.17) is 5.73 Å². The van der Waals surface area contributed by atoms with Gasteiger partial charge in [0.2, 0.25) is 0 Å². The van der Waals surface area contributed by atoms with Gasteiger partial charge in [-0.3, -0.25) is 0 Å². The molecule has 0 atom stereocenters. The second-order valence-corrected chi connectivity index (χ2v) is 7.04. The summed E-state index contributed by atoms with van der Waals surface area (Å²) < 4.78 is 4.08. The van der Waals surface area contributed by atoms with E-state index in [1.54, 1.807) is 0 Å². The van der Waals surface area contributed by atoms with Crippen LogP contribution in [-0.2, 0) is 12.1 Å². The topological polar surface area (TPSA) is 56.7 Å². The van der Waals surface area contributed by atoms with Crippen molar-refractivity contribution in [3.8, 4) is 11.4 Å². The van der Waals surface area contributed by atoms with Gasteiger partial charge in [-0.1, -0.05) is 15.9 Å². The van der Waals surface area contributed by atoms with Gasteiger partial charge in [0.1, 0.15) is 5.82 Å². The van der Waals surface area contributed by atoms with Gasteiger partial charge in [-0.2, -0.15) is 0 Å². The van der Waals surface area contributed by atoms with Crippen molar-refractivity contribution in [2.45, 2.75) is 32.9 Å². The van der Waals surface area contributed by atoms with Gasteiger partial charge in [0.25, 0.3) is 0 Å². The van der Waals surface area contributed by atoms with E-state index in [1.165, 1.54) is 0 Å². The van der Waals surface area contributed by atoms with E-state index in [0.29, 0.717) is 6.54 Å². The number of rotatable bonds is 2. The molecule has 0 aliphatic heterocycles. The van der Waals surface area contributed by atoms with Crippen LogP contribution in [0.3, 0.4) is 0 Å². The molecule has 0 aliphatic carbocycles. The predicted molar refractivity (Wildman–Crippen MR) is 83.7 cm³/mol. The fraction of sp³-hybridized carbons (Fsp3) is 0.385. The molecule has 0 fully saturated rings. The van der Waals surface area contributed by atoms with Crippen LogP contribution in [0.25, 0.3) is 11.4 Å². The quantitative estimate of drug-likeness (QED) is 0.854. The van der Waals surface area contributed by atoms with Crippen molar-refractivity contribution >= 4 is 31.9 Å². The van der Waals surface area contributed by atoms with Crippen LogP contribution in [0.5, 0.6) is 0 Å². The third kappa shape index (κ3) is 2.90. The fourth-order valence-electron chi connectivity index (χ4n) is 2.00. The highest BCUT2D eigenvalue weighted by atomic mass is 79.9. The molecule has 0 saturated heterocycles. The number of hydrogen-bond acceptors (Lipinski definition) is 3. The molecule has 0 aliphatic rings. The fourth-order valence-corrected chi connectivity index (χ4v) is 3.22. The van der Waals surface area contributed by atoms with Crippen molar-refractivity contribution in [1.82, 2.24) is 14.8 Å². The first-order valence-electron chi connectivity index (χ1n) is 5.95. The zero-order chi connectivity index (χ0) is 14.2. The lowest BCUT2D eigenvalue weighted by atomic mass is 10.1. The predicted octanol–water partition coefficient (Wildman–Crippen LogP) is 3.68. The van der Waals surface area contributed by atoms with E-state index in [0.717, 1.165) is 26.2 Å². The summed E-state index contributed by atoms with van der Waals surface area (Å²) in [5.41, 5.74) is 6.64. The molecule has 1 heterocycles. The molecule has 6 heteroatoms. The van der Waals surface area contributed by atoms with E-state index >= 15 is 0 Å². The summed E-state index contributed by atoms with van der Waals surface area (Å²) in [6.07, 6.45) is 0. The second kappa shape index (κ2) is 5.34. The van der Waals surface area contributed by atoms with E-state index in [-0.39, 0.29) is 5.54 Å². The molecule has 102 valence electrons. The van der Waals surface area contributed by atoms with Crippen molar-refractivity contribution in [2.75, 3.05) is 0 Å². The molecule has 0 radical (unpaired) electrons. The summed E-state index contributed by atoms with van der Waals surface area (Å²) >= 11 is 7.03. The number of benzene rings is 1. The smallest absolute Gasteiger partial charge is 0.165 e. The molecule has 2 rings (SSSR count). The number of aromatic nitrogens is 3. The van der Waals surface area contributed by atoms with Crippen molar-refractivity contribution in [1.29, 1.82) is 0 Å². The molecule has 1 aromatic carbocycles. The average molecular weight is 388 g/mol. The first-order chi connectivity index (χ1) is 8.84. The molecule has 2 aromatic rings. The lowest BCUT2D eigenvalue weighted by Gasteiger charge is -2.25. The number of nitrogens with two attached hydrogens (primary N) is 1. The third-order valence-electron chi connectivity index (χ3n) is 2.76. The van der Waals surface area contributed by atoms with E-state index < -0.39 is 0 Å². The van der Waals surface area contributed by atoms with Crippen LogP contribution in [0.1, 0.15) is 26.6 Å². The Kier molecular flexibility index (Phi) is 4.13. The SMILES string of the molecule is CC(C)(C)n1c(CN)nnc1-c1ccc(Br)cc1Br. The van der Waals surface area contributed by atoms with Crippen LogP contribution in [0, 0.1) is 0 Å². The van der Waals surface area contributed by atoms with E-state index in [9.17, 15) is 0 Å². The molecule has 0 bridgehead atoms. The second-order valence-electron chi connectivity index (χ2n) is 5.27. The average Bonchev–Trinajstić information content (AvgIpc) is 2.72. The zero-order valence-corrected chi connectivity index (χ0v) is 14.3. The maximum atomic E-state index is 5.76. The maximum absolute atomic E-state index is 5.76. The van der Waals surface area contributed by atoms with Gasteiger partial charge in [-0.05, 0) is 54.9 Å². The minimum absolute atomic E-state index is 0.125. The molecular weight excluding hydrogens is 372 g/mol. The lowest BCUT2D eigenvalue weighted by molar-refractivity contribution is 0.386. The van der Waals surface area contributed by atoms with E-state index in [1.807, 2.05) is 18.2 Å². The van der Waals surface area contributed by atoms with Gasteiger partial charge >= 0.3 is 0 Å². The summed E-state index contributed by atoms with van der Waals surface area (Å²) in [6.45, 7) is 6.72. The lowest BCUT2D eigenvalue weighted by Crippen LogP contribution is -2.26. The van der Waals surface area contributed by atoms with Crippen molar-refractivity contribution in [3.05, 3.63) is 33.0 Å². The summed E-state index contributed by atoms with van der Waals surface area (Å²) in [5, 5.41) is 8.50. The maximum Gasteiger partial charge on any atom is 0.165 e. The first-order valence-corrected chi connectivity index (χ1v) is 7.53. The molecule has 1 aromatic heterocycles. The normalized spacial score (nSPS) is 11.9. The summed E-state index contributed by atoms with van der Waals surface area (Å²) in [6, 6.07) is 6.00. The van der Waals surface area contributed by atoms with Crippen LogP contribution < -0.4 is 5.73 Å². The van der Waals surface area contributed by atoms with Crippen molar-refractivity contribution in [3.63, 3.8) is 0 Å². The number of hydrogen-bond donors (Lipinski definition) is 1.